The number of hydrogen-bond acceptors (Lipinski definition) is 3. The van der Waals surface area contributed by atoms with Gasteiger partial charge >= 0.3 is 0 Å². The molecule has 1 aromatic heterocycles. The summed E-state index contributed by atoms with van der Waals surface area (Å²) in [6.07, 6.45) is 1.29. The van der Waals surface area contributed by atoms with Crippen molar-refractivity contribution in [2.45, 2.75) is 0 Å². The van der Waals surface area contributed by atoms with Crippen LogP contribution in [0.1, 0.15) is 10.4 Å². The van der Waals surface area contributed by atoms with E-state index < -0.39 is 5.91 Å². The van der Waals surface area contributed by atoms with Crippen LogP contribution >= 0.6 is 12.4 Å². The minimum Gasteiger partial charge on any atom is -0.443 e. The molecule has 1 aromatic carbocycles. The predicted molar refractivity (Wildman–Crippen MR) is 49.8 cm³/mol. The number of rotatable bonds is 1. The van der Waals surface area contributed by atoms with E-state index in [9.17, 15) is 4.79 Å². The van der Waals surface area contributed by atoms with Crippen molar-refractivity contribution >= 4 is 29.4 Å². The summed E-state index contributed by atoms with van der Waals surface area (Å²) in [4.78, 5) is 14.7. The van der Waals surface area contributed by atoms with Crippen LogP contribution in [0.2, 0.25) is 0 Å². The molecule has 1 heterocycles. The molecule has 0 fully saturated rings. The molecule has 0 aliphatic carbocycles. The van der Waals surface area contributed by atoms with Gasteiger partial charge in [-0.05, 0) is 12.1 Å². The van der Waals surface area contributed by atoms with E-state index in [0.717, 1.165) is 0 Å². The largest absolute Gasteiger partial charge is 0.443 e. The number of oxazole rings is 1. The lowest BCUT2D eigenvalue weighted by Crippen LogP contribution is -2.11. The van der Waals surface area contributed by atoms with Crippen molar-refractivity contribution in [3.63, 3.8) is 0 Å². The summed E-state index contributed by atoms with van der Waals surface area (Å²) < 4.78 is 4.99. The van der Waals surface area contributed by atoms with Crippen LogP contribution in [0, 0.1) is 0 Å². The monoisotopic (exact) mass is 198 g/mol. The minimum atomic E-state index is -0.491. The van der Waals surface area contributed by atoms with Gasteiger partial charge in [0.25, 0.3) is 5.91 Å². The Hall–Kier alpha value is -1.55. The number of primary amides is 1. The molecule has 68 valence electrons. The first-order valence-corrected chi connectivity index (χ1v) is 3.41. The number of carbonyl (C=O) groups excluding carboxylic acids is 1. The second-order valence-electron chi connectivity index (χ2n) is 2.37. The third kappa shape index (κ3) is 1.48. The normalized spacial score (nSPS) is 9.54. The van der Waals surface area contributed by atoms with Crippen molar-refractivity contribution in [2.24, 2.45) is 5.73 Å². The van der Waals surface area contributed by atoms with Gasteiger partial charge in [0, 0.05) is 0 Å². The molecule has 0 radical (unpaired) electrons. The average molecular weight is 199 g/mol. The van der Waals surface area contributed by atoms with Crippen LogP contribution in [0.25, 0.3) is 11.1 Å². The Morgan fingerprint density at radius 2 is 2.23 bits per heavy atom. The van der Waals surface area contributed by atoms with Gasteiger partial charge in [0.15, 0.2) is 12.0 Å². The van der Waals surface area contributed by atoms with E-state index in [1.54, 1.807) is 18.2 Å². The molecule has 0 aliphatic heterocycles. The maximum Gasteiger partial charge on any atom is 0.251 e. The maximum atomic E-state index is 10.9. The first-order valence-electron chi connectivity index (χ1n) is 3.41. The maximum absolute atomic E-state index is 10.9. The summed E-state index contributed by atoms with van der Waals surface area (Å²) in [5, 5.41) is 0. The van der Waals surface area contributed by atoms with Gasteiger partial charge in [-0.3, -0.25) is 4.79 Å². The molecule has 0 saturated heterocycles. The highest BCUT2D eigenvalue weighted by atomic mass is 35.5. The number of hydrogen-bond donors (Lipinski definition) is 1. The Labute approximate surface area is 80.1 Å². The van der Waals surface area contributed by atoms with E-state index in [0.29, 0.717) is 16.7 Å². The Kier molecular flexibility index (Phi) is 2.53. The molecule has 0 saturated carbocycles. The molecule has 0 bridgehead atoms. The smallest absolute Gasteiger partial charge is 0.251 e. The molecule has 1 amide bonds. The fraction of sp³-hybridized carbons (Fsp3) is 0. The van der Waals surface area contributed by atoms with Crippen LogP contribution in [-0.4, -0.2) is 10.9 Å². The summed E-state index contributed by atoms with van der Waals surface area (Å²) in [7, 11) is 0. The van der Waals surface area contributed by atoms with Crippen molar-refractivity contribution in [1.82, 2.24) is 4.98 Å². The zero-order valence-electron chi connectivity index (χ0n) is 6.56. The molecule has 13 heavy (non-hydrogen) atoms. The van der Waals surface area contributed by atoms with E-state index in [2.05, 4.69) is 4.98 Å². The van der Waals surface area contributed by atoms with Crippen LogP contribution in [0.5, 0.6) is 0 Å². The van der Waals surface area contributed by atoms with E-state index >= 15 is 0 Å². The van der Waals surface area contributed by atoms with Crippen LogP contribution in [0.4, 0.5) is 0 Å². The summed E-state index contributed by atoms with van der Waals surface area (Å²) in [5.41, 5.74) is 6.60. The molecule has 4 nitrogen and oxygen atoms in total. The van der Waals surface area contributed by atoms with Crippen molar-refractivity contribution in [1.29, 1.82) is 0 Å². The molecular formula is C8H7ClN2O2. The number of nitrogens with two attached hydrogens (primary N) is 1. The summed E-state index contributed by atoms with van der Waals surface area (Å²) >= 11 is 0. The minimum absolute atomic E-state index is 0. The van der Waals surface area contributed by atoms with Gasteiger partial charge in [-0.2, -0.15) is 0 Å². The Balaban J connectivity index is 0.000000845. The van der Waals surface area contributed by atoms with Gasteiger partial charge in [0.1, 0.15) is 5.52 Å². The SMILES string of the molecule is Cl.NC(=O)c1cccc2ocnc12. The van der Waals surface area contributed by atoms with Gasteiger partial charge < -0.3 is 10.2 Å². The molecular weight excluding hydrogens is 192 g/mol. The predicted octanol–water partition coefficient (Wildman–Crippen LogP) is 1.35. The quantitative estimate of drug-likeness (QED) is 0.752. The molecule has 0 unspecified atom stereocenters. The van der Waals surface area contributed by atoms with Crippen LogP contribution in [-0.2, 0) is 0 Å². The van der Waals surface area contributed by atoms with Gasteiger partial charge in [-0.15, -0.1) is 12.4 Å². The highest BCUT2D eigenvalue weighted by Gasteiger charge is 2.08. The number of aromatic nitrogens is 1. The fourth-order valence-corrected chi connectivity index (χ4v) is 1.09. The number of nitrogens with zero attached hydrogens (tertiary/aromatic N) is 1. The lowest BCUT2D eigenvalue weighted by molar-refractivity contribution is 0.100. The lowest BCUT2D eigenvalue weighted by atomic mass is 10.2. The number of amides is 1. The fourth-order valence-electron chi connectivity index (χ4n) is 1.09. The van der Waals surface area contributed by atoms with E-state index in [1.807, 2.05) is 0 Å². The molecule has 0 aliphatic rings. The third-order valence-corrected chi connectivity index (χ3v) is 1.63. The van der Waals surface area contributed by atoms with Crippen LogP contribution in [0.15, 0.2) is 29.0 Å². The van der Waals surface area contributed by atoms with Crippen molar-refractivity contribution in [3.8, 4) is 0 Å². The molecule has 0 spiro atoms. The third-order valence-electron chi connectivity index (χ3n) is 1.63. The van der Waals surface area contributed by atoms with Gasteiger partial charge in [-0.25, -0.2) is 4.98 Å². The highest BCUT2D eigenvalue weighted by molar-refractivity contribution is 6.03. The number of halogens is 1. The zero-order chi connectivity index (χ0) is 8.55. The van der Waals surface area contributed by atoms with Gasteiger partial charge in [0.2, 0.25) is 0 Å². The topological polar surface area (TPSA) is 69.1 Å². The second kappa shape index (κ2) is 3.45. The molecule has 2 N–H and O–H groups in total. The Morgan fingerprint density at radius 1 is 1.46 bits per heavy atom. The summed E-state index contributed by atoms with van der Waals surface area (Å²) in [6, 6.07) is 5.05. The van der Waals surface area contributed by atoms with Crippen molar-refractivity contribution in [3.05, 3.63) is 30.2 Å². The van der Waals surface area contributed by atoms with E-state index in [1.165, 1.54) is 6.39 Å². The average Bonchev–Trinajstić information content (AvgIpc) is 2.49. The summed E-state index contributed by atoms with van der Waals surface area (Å²) in [5.74, 6) is -0.491. The Morgan fingerprint density at radius 3 is 2.92 bits per heavy atom. The number of carbonyl (C=O) groups is 1. The van der Waals surface area contributed by atoms with Crippen molar-refractivity contribution < 1.29 is 9.21 Å². The summed E-state index contributed by atoms with van der Waals surface area (Å²) in [6.45, 7) is 0. The Bertz CT molecular complexity index is 438. The lowest BCUT2D eigenvalue weighted by Gasteiger charge is -1.93. The van der Waals surface area contributed by atoms with Crippen molar-refractivity contribution in [2.75, 3.05) is 0 Å². The first kappa shape index (κ1) is 9.54. The molecule has 2 aromatic rings. The van der Waals surface area contributed by atoms with Gasteiger partial charge in [-0.1, -0.05) is 6.07 Å². The molecule has 2 rings (SSSR count). The second-order valence-corrected chi connectivity index (χ2v) is 2.37. The number of para-hydroxylation sites is 1. The van der Waals surface area contributed by atoms with Gasteiger partial charge in [0.05, 0.1) is 5.56 Å². The standard InChI is InChI=1S/C8H6N2O2.ClH/c9-8(11)5-2-1-3-6-7(5)10-4-12-6;/h1-4H,(H2,9,11);1H. The van der Waals surface area contributed by atoms with E-state index in [-0.39, 0.29) is 12.4 Å². The first-order chi connectivity index (χ1) is 5.79. The van der Waals surface area contributed by atoms with Crippen LogP contribution in [0.3, 0.4) is 0 Å². The zero-order valence-corrected chi connectivity index (χ0v) is 7.38. The number of benzene rings is 1. The van der Waals surface area contributed by atoms with Crippen LogP contribution < -0.4 is 5.73 Å². The highest BCUT2D eigenvalue weighted by Crippen LogP contribution is 2.15. The number of fused-ring (bicyclic) bond motifs is 1. The molecule has 5 heteroatoms. The molecule has 0 atom stereocenters. The van der Waals surface area contributed by atoms with E-state index in [4.69, 9.17) is 10.2 Å².